The van der Waals surface area contributed by atoms with Crippen LogP contribution in [0.1, 0.15) is 31.0 Å². The Morgan fingerprint density at radius 3 is 2.05 bits per heavy atom. The molecular weight excluding hydrogens is 282 g/mol. The number of anilines is 1. The molecule has 0 heterocycles. The molecule has 1 N–H and O–H groups in total. The van der Waals surface area contributed by atoms with Gasteiger partial charge in [-0.3, -0.25) is 0 Å². The predicted octanol–water partition coefficient (Wildman–Crippen LogP) is 3.83. The molecule has 1 unspecified atom stereocenters. The van der Waals surface area contributed by atoms with Crippen LogP contribution in [0.5, 0.6) is 0 Å². The molecule has 0 aliphatic heterocycles. The maximum atomic E-state index is 11.4. The van der Waals surface area contributed by atoms with Gasteiger partial charge in [0.1, 0.15) is 0 Å². The van der Waals surface area contributed by atoms with Crippen molar-refractivity contribution >= 4 is 15.5 Å². The van der Waals surface area contributed by atoms with Crippen molar-refractivity contribution in [3.05, 3.63) is 59.7 Å². The van der Waals surface area contributed by atoms with Gasteiger partial charge in [0.25, 0.3) is 0 Å². The first kappa shape index (κ1) is 15.6. The molecule has 2 rings (SSSR count). The minimum absolute atomic E-state index is 0.167. The van der Waals surface area contributed by atoms with Gasteiger partial charge in [-0.15, -0.1) is 0 Å². The molecule has 4 heteroatoms. The van der Waals surface area contributed by atoms with Crippen molar-refractivity contribution in [2.24, 2.45) is 0 Å². The van der Waals surface area contributed by atoms with Crippen LogP contribution in [-0.4, -0.2) is 14.7 Å². The highest BCUT2D eigenvalue weighted by Gasteiger charge is 2.08. The molecule has 0 amide bonds. The van der Waals surface area contributed by atoms with Crippen LogP contribution < -0.4 is 5.32 Å². The molecule has 0 aromatic heterocycles. The van der Waals surface area contributed by atoms with Crippen LogP contribution in [0, 0.1) is 0 Å². The number of hydrogen-bond acceptors (Lipinski definition) is 3. The van der Waals surface area contributed by atoms with E-state index in [1.807, 2.05) is 0 Å². The van der Waals surface area contributed by atoms with Gasteiger partial charge >= 0.3 is 0 Å². The van der Waals surface area contributed by atoms with E-state index in [0.29, 0.717) is 4.90 Å². The zero-order chi connectivity index (χ0) is 15.5. The van der Waals surface area contributed by atoms with Gasteiger partial charge in [-0.2, -0.15) is 0 Å². The van der Waals surface area contributed by atoms with Crippen molar-refractivity contribution in [3.8, 4) is 0 Å². The molecule has 0 aliphatic rings. The standard InChI is InChI=1S/C17H21NO2S/c1-4-14-5-7-15(8-6-14)13(2)18-16-9-11-17(12-10-16)21(3,19)20/h5-13,18H,4H2,1-3H3. The molecule has 1 atom stereocenters. The Balaban J connectivity index is 2.10. The molecular formula is C17H21NO2S. The molecule has 0 saturated carbocycles. The first-order chi connectivity index (χ1) is 9.90. The number of rotatable bonds is 5. The minimum Gasteiger partial charge on any atom is -0.379 e. The fraction of sp³-hybridized carbons (Fsp3) is 0.294. The van der Waals surface area contributed by atoms with Gasteiger partial charge in [-0.05, 0) is 48.7 Å². The Kier molecular flexibility index (Phi) is 4.68. The van der Waals surface area contributed by atoms with Crippen LogP contribution in [0.2, 0.25) is 0 Å². The van der Waals surface area contributed by atoms with Crippen molar-refractivity contribution in [2.75, 3.05) is 11.6 Å². The Labute approximate surface area is 126 Å². The van der Waals surface area contributed by atoms with Crippen LogP contribution >= 0.6 is 0 Å². The number of hydrogen-bond donors (Lipinski definition) is 1. The summed E-state index contributed by atoms with van der Waals surface area (Å²) < 4.78 is 22.9. The second kappa shape index (κ2) is 6.31. The lowest BCUT2D eigenvalue weighted by atomic mass is 10.0. The van der Waals surface area contributed by atoms with E-state index in [9.17, 15) is 8.42 Å². The number of benzene rings is 2. The maximum Gasteiger partial charge on any atom is 0.175 e. The third kappa shape index (κ3) is 4.08. The number of aryl methyl sites for hydroxylation is 1. The lowest BCUT2D eigenvalue weighted by Gasteiger charge is -2.16. The molecule has 21 heavy (non-hydrogen) atoms. The zero-order valence-electron chi connectivity index (χ0n) is 12.6. The highest BCUT2D eigenvalue weighted by Crippen LogP contribution is 2.21. The quantitative estimate of drug-likeness (QED) is 0.913. The molecule has 0 saturated heterocycles. The molecule has 0 bridgehead atoms. The van der Waals surface area contributed by atoms with E-state index in [1.165, 1.54) is 17.4 Å². The summed E-state index contributed by atoms with van der Waals surface area (Å²) in [6, 6.07) is 15.6. The van der Waals surface area contributed by atoms with Crippen molar-refractivity contribution in [2.45, 2.75) is 31.2 Å². The van der Waals surface area contributed by atoms with Gasteiger partial charge in [0.15, 0.2) is 9.84 Å². The van der Waals surface area contributed by atoms with E-state index >= 15 is 0 Å². The molecule has 0 aliphatic carbocycles. The maximum absolute atomic E-state index is 11.4. The van der Waals surface area contributed by atoms with E-state index in [0.717, 1.165) is 12.1 Å². The molecule has 112 valence electrons. The van der Waals surface area contributed by atoms with Crippen molar-refractivity contribution in [3.63, 3.8) is 0 Å². The molecule has 3 nitrogen and oxygen atoms in total. The van der Waals surface area contributed by atoms with E-state index in [4.69, 9.17) is 0 Å². The molecule has 2 aromatic carbocycles. The summed E-state index contributed by atoms with van der Waals surface area (Å²) in [4.78, 5) is 0.341. The average Bonchev–Trinajstić information content (AvgIpc) is 2.47. The lowest BCUT2D eigenvalue weighted by molar-refractivity contribution is 0.602. The fourth-order valence-electron chi connectivity index (χ4n) is 2.17. The summed E-state index contributed by atoms with van der Waals surface area (Å²) in [5.74, 6) is 0. The summed E-state index contributed by atoms with van der Waals surface area (Å²) in [5.41, 5.74) is 3.44. The van der Waals surface area contributed by atoms with Crippen LogP contribution in [0.25, 0.3) is 0 Å². The van der Waals surface area contributed by atoms with Crippen molar-refractivity contribution in [1.82, 2.24) is 0 Å². The Bertz CT molecular complexity index is 689. The van der Waals surface area contributed by atoms with Gasteiger partial charge in [0.2, 0.25) is 0 Å². The molecule has 0 spiro atoms. The van der Waals surface area contributed by atoms with Crippen LogP contribution in [0.15, 0.2) is 53.4 Å². The smallest absolute Gasteiger partial charge is 0.175 e. The van der Waals surface area contributed by atoms with Crippen molar-refractivity contribution in [1.29, 1.82) is 0 Å². The third-order valence-electron chi connectivity index (χ3n) is 3.55. The summed E-state index contributed by atoms with van der Waals surface area (Å²) >= 11 is 0. The second-order valence-corrected chi connectivity index (χ2v) is 7.27. The number of nitrogens with one attached hydrogen (secondary N) is 1. The van der Waals surface area contributed by atoms with Gasteiger partial charge in [0.05, 0.1) is 4.90 Å². The number of sulfone groups is 1. The molecule has 0 fully saturated rings. The topological polar surface area (TPSA) is 46.2 Å². The summed E-state index contributed by atoms with van der Waals surface area (Å²) in [5, 5.41) is 3.38. The van der Waals surface area contributed by atoms with E-state index < -0.39 is 9.84 Å². The Hall–Kier alpha value is -1.81. The van der Waals surface area contributed by atoms with E-state index in [-0.39, 0.29) is 6.04 Å². The van der Waals surface area contributed by atoms with Gasteiger partial charge in [-0.1, -0.05) is 31.2 Å². The minimum atomic E-state index is -3.14. The molecule has 0 radical (unpaired) electrons. The summed E-state index contributed by atoms with van der Waals surface area (Å²) in [6.45, 7) is 4.23. The SMILES string of the molecule is CCc1ccc(C(C)Nc2ccc(S(C)(=O)=O)cc2)cc1. The van der Waals surface area contributed by atoms with Crippen LogP contribution in [0.3, 0.4) is 0 Å². The van der Waals surface area contributed by atoms with Gasteiger partial charge in [-0.25, -0.2) is 8.42 Å². The van der Waals surface area contributed by atoms with Crippen LogP contribution in [0.4, 0.5) is 5.69 Å². The largest absolute Gasteiger partial charge is 0.379 e. The zero-order valence-corrected chi connectivity index (χ0v) is 13.4. The summed E-state index contributed by atoms with van der Waals surface area (Å²) in [7, 11) is -3.14. The average molecular weight is 303 g/mol. The second-order valence-electron chi connectivity index (χ2n) is 5.26. The predicted molar refractivity (Wildman–Crippen MR) is 87.4 cm³/mol. The van der Waals surface area contributed by atoms with Gasteiger partial charge < -0.3 is 5.32 Å². The van der Waals surface area contributed by atoms with E-state index in [1.54, 1.807) is 24.3 Å². The third-order valence-corrected chi connectivity index (χ3v) is 4.68. The Morgan fingerprint density at radius 2 is 1.57 bits per heavy atom. The summed E-state index contributed by atoms with van der Waals surface area (Å²) in [6.07, 6.45) is 2.25. The highest BCUT2D eigenvalue weighted by atomic mass is 32.2. The first-order valence-electron chi connectivity index (χ1n) is 7.05. The van der Waals surface area contributed by atoms with Crippen LogP contribution in [-0.2, 0) is 16.3 Å². The molecule has 2 aromatic rings. The normalized spacial score (nSPS) is 12.9. The monoisotopic (exact) mass is 303 g/mol. The first-order valence-corrected chi connectivity index (χ1v) is 8.95. The van der Waals surface area contributed by atoms with Crippen molar-refractivity contribution < 1.29 is 8.42 Å². The highest BCUT2D eigenvalue weighted by molar-refractivity contribution is 7.90. The Morgan fingerprint density at radius 1 is 1.00 bits per heavy atom. The fourth-order valence-corrected chi connectivity index (χ4v) is 2.80. The van der Waals surface area contributed by atoms with E-state index in [2.05, 4.69) is 43.4 Å². The van der Waals surface area contributed by atoms with Gasteiger partial charge in [0, 0.05) is 18.0 Å². The lowest BCUT2D eigenvalue weighted by Crippen LogP contribution is -2.07.